The van der Waals surface area contributed by atoms with Gasteiger partial charge >= 0.3 is 6.85 Å². The Hall–Kier alpha value is -4.71. The van der Waals surface area contributed by atoms with Crippen LogP contribution in [0.2, 0.25) is 0 Å². The van der Waals surface area contributed by atoms with E-state index in [1.165, 1.54) is 116 Å². The molecule has 5 heteroatoms. The maximum absolute atomic E-state index is 2.72. The predicted octanol–water partition coefficient (Wildman–Crippen LogP) is 13.7. The van der Waals surface area contributed by atoms with E-state index in [-0.39, 0.29) is 23.1 Å². The molecule has 7 aromatic rings. The normalized spacial score (nSPS) is 16.9. The molecule has 4 heterocycles. The molecule has 0 unspecified atom stereocenters. The molecule has 2 nitrogen and oxygen atoms in total. The predicted molar refractivity (Wildman–Crippen MR) is 244 cm³/mol. The van der Waals surface area contributed by atoms with Crippen molar-refractivity contribution in [2.45, 2.75) is 94.3 Å². The maximum Gasteiger partial charge on any atom is 0.343 e. The van der Waals surface area contributed by atoms with Gasteiger partial charge in [-0.3, -0.25) is 0 Å². The fourth-order valence-electron chi connectivity index (χ4n) is 10.2. The summed E-state index contributed by atoms with van der Waals surface area (Å²) in [6.45, 7) is 19.2. The second kappa shape index (κ2) is 11.7. The Labute approximate surface area is 340 Å². The summed E-state index contributed by atoms with van der Waals surface area (Å²) in [7, 11) is 0. The molecule has 0 N–H and O–H groups in total. The van der Waals surface area contributed by atoms with Gasteiger partial charge in [0.15, 0.2) is 0 Å². The van der Waals surface area contributed by atoms with Crippen molar-refractivity contribution in [3.63, 3.8) is 0 Å². The first kappa shape index (κ1) is 34.5. The minimum absolute atomic E-state index is 0.0102. The van der Waals surface area contributed by atoms with Gasteiger partial charge < -0.3 is 9.71 Å². The summed E-state index contributed by atoms with van der Waals surface area (Å²) < 4.78 is 2.82. The second-order valence-corrected chi connectivity index (χ2v) is 21.1. The first-order valence-electron chi connectivity index (χ1n) is 20.3. The molecule has 0 radical (unpaired) electrons. The summed E-state index contributed by atoms with van der Waals surface area (Å²) in [5, 5.41) is 1.38. The van der Waals surface area contributed by atoms with Crippen molar-refractivity contribution in [1.29, 1.82) is 0 Å². The minimum Gasteiger partial charge on any atom is -0.374 e. The Balaban J connectivity index is 1.30. The molecule has 6 aromatic carbocycles. The molecule has 1 aromatic heterocycles. The smallest absolute Gasteiger partial charge is 0.343 e. The van der Waals surface area contributed by atoms with Crippen molar-refractivity contribution < 1.29 is 0 Å². The van der Waals surface area contributed by atoms with Crippen molar-refractivity contribution in [3.8, 4) is 22.3 Å². The molecule has 0 amide bonds. The summed E-state index contributed by atoms with van der Waals surface area (Å²) >= 11 is 3.95. The Bertz CT molecular complexity index is 2800. The van der Waals surface area contributed by atoms with E-state index in [1.807, 2.05) is 23.1 Å². The van der Waals surface area contributed by atoms with Gasteiger partial charge in [-0.2, -0.15) is 0 Å². The van der Waals surface area contributed by atoms with E-state index in [4.69, 9.17) is 0 Å². The van der Waals surface area contributed by atoms with Crippen LogP contribution in [0.25, 0.3) is 32.3 Å². The number of para-hydroxylation sites is 2. The number of anilines is 5. The van der Waals surface area contributed by atoms with Gasteiger partial charge in [0.25, 0.3) is 0 Å². The zero-order valence-electron chi connectivity index (χ0n) is 33.7. The summed E-state index contributed by atoms with van der Waals surface area (Å²) in [4.78, 5) is 8.07. The highest BCUT2D eigenvalue weighted by atomic mass is 32.2. The van der Waals surface area contributed by atoms with E-state index >= 15 is 0 Å². The minimum atomic E-state index is 0.0102. The molecule has 4 aliphatic rings. The van der Waals surface area contributed by atoms with Crippen molar-refractivity contribution >= 4 is 78.7 Å². The first-order chi connectivity index (χ1) is 26.8. The molecule has 0 saturated carbocycles. The van der Waals surface area contributed by atoms with Gasteiger partial charge in [-0.05, 0) is 123 Å². The highest BCUT2D eigenvalue weighted by Crippen LogP contribution is 2.58. The van der Waals surface area contributed by atoms with Gasteiger partial charge in [0, 0.05) is 47.2 Å². The van der Waals surface area contributed by atoms with Crippen LogP contribution in [0.4, 0.5) is 28.4 Å². The van der Waals surface area contributed by atoms with Crippen LogP contribution in [-0.4, -0.2) is 6.85 Å². The fraction of sp³-hybridized carbons (Fsp3) is 0.255. The van der Waals surface area contributed by atoms with E-state index < -0.39 is 0 Å². The van der Waals surface area contributed by atoms with E-state index in [2.05, 4.69) is 180 Å². The summed E-state index contributed by atoms with van der Waals surface area (Å²) in [6.07, 6.45) is 2.39. The third kappa shape index (κ3) is 4.83. The molecule has 56 heavy (non-hydrogen) atoms. The molecular formula is C51H47BN2S2. The SMILES string of the molecule is Cc1cc2c3c(c1)N(c1ccc(C(C)(C)C)cc1-c1ccccc1)c1c(sc4cc5c(cc14)C(C)(C)CCC5(C)C)B3N1c3ccccc3Sc3cccc-2c31. The highest BCUT2D eigenvalue weighted by molar-refractivity contribution is 7.99. The van der Waals surface area contributed by atoms with Crippen LogP contribution in [0.5, 0.6) is 0 Å². The maximum atomic E-state index is 2.72. The van der Waals surface area contributed by atoms with E-state index in [0.29, 0.717) is 0 Å². The van der Waals surface area contributed by atoms with E-state index in [1.54, 1.807) is 0 Å². The first-order valence-corrected chi connectivity index (χ1v) is 21.9. The quantitative estimate of drug-likeness (QED) is 0.162. The number of nitrogens with zero attached hydrogens (tertiary/aromatic N) is 2. The summed E-state index contributed by atoms with van der Waals surface area (Å²) in [5.41, 5.74) is 19.1. The molecule has 276 valence electrons. The zero-order valence-corrected chi connectivity index (χ0v) is 35.3. The van der Waals surface area contributed by atoms with Crippen LogP contribution in [0.3, 0.4) is 0 Å². The van der Waals surface area contributed by atoms with Crippen LogP contribution < -0.4 is 20.0 Å². The highest BCUT2D eigenvalue weighted by Gasteiger charge is 2.50. The third-order valence-corrected chi connectivity index (χ3v) is 15.6. The van der Waals surface area contributed by atoms with Crippen molar-refractivity contribution in [1.82, 2.24) is 0 Å². The van der Waals surface area contributed by atoms with Gasteiger partial charge in [0.1, 0.15) is 0 Å². The van der Waals surface area contributed by atoms with Crippen LogP contribution in [-0.2, 0) is 16.2 Å². The van der Waals surface area contributed by atoms with Gasteiger partial charge in [0.05, 0.1) is 17.1 Å². The van der Waals surface area contributed by atoms with Crippen LogP contribution in [0.15, 0.2) is 125 Å². The molecule has 3 aliphatic heterocycles. The van der Waals surface area contributed by atoms with Crippen LogP contribution in [0, 0.1) is 6.92 Å². The van der Waals surface area contributed by atoms with Crippen molar-refractivity contribution in [2.24, 2.45) is 0 Å². The lowest BCUT2D eigenvalue weighted by molar-refractivity contribution is 0.332. The van der Waals surface area contributed by atoms with Crippen molar-refractivity contribution in [3.05, 3.63) is 138 Å². The number of fused-ring (bicyclic) bond motifs is 9. The summed E-state index contributed by atoms with van der Waals surface area (Å²) in [5.74, 6) is 0. The lowest BCUT2D eigenvalue weighted by atomic mass is 9.46. The average molecular weight is 763 g/mol. The average Bonchev–Trinajstić information content (AvgIpc) is 3.55. The molecular weight excluding hydrogens is 716 g/mol. The molecule has 11 rings (SSSR count). The lowest BCUT2D eigenvalue weighted by Gasteiger charge is -2.47. The number of benzene rings is 6. The van der Waals surface area contributed by atoms with Crippen molar-refractivity contribution in [2.75, 3.05) is 9.71 Å². The molecule has 0 saturated heterocycles. The summed E-state index contributed by atoms with van der Waals surface area (Å²) in [6, 6.07) is 44.6. The van der Waals surface area contributed by atoms with E-state index in [9.17, 15) is 0 Å². The monoisotopic (exact) mass is 762 g/mol. The van der Waals surface area contributed by atoms with Crippen LogP contribution >= 0.6 is 23.1 Å². The number of rotatable bonds is 2. The topological polar surface area (TPSA) is 6.48 Å². The third-order valence-electron chi connectivity index (χ3n) is 13.3. The number of hydrogen-bond acceptors (Lipinski definition) is 4. The lowest BCUT2D eigenvalue weighted by Crippen LogP contribution is -2.61. The van der Waals surface area contributed by atoms with Gasteiger partial charge in [0.2, 0.25) is 0 Å². The fourth-order valence-corrected chi connectivity index (χ4v) is 12.6. The zero-order chi connectivity index (χ0) is 38.5. The van der Waals surface area contributed by atoms with Crippen LogP contribution in [0.1, 0.15) is 83.6 Å². The Morgan fingerprint density at radius 1 is 0.625 bits per heavy atom. The molecule has 0 atom stereocenters. The Morgan fingerprint density at radius 2 is 1.34 bits per heavy atom. The van der Waals surface area contributed by atoms with Gasteiger partial charge in [-0.1, -0.05) is 127 Å². The standard InChI is InChI=1S/C51H47BN2S2/c1-30-25-35-33-17-14-20-43-46(33)54(40-18-12-13-19-42(40)55-43)52-45(35)41(26-30)53(39-22-21-32(49(2,3)4)27-34(39)31-15-10-9-11-16-31)47-36-28-37-38(29-44(36)56-48(47)52)51(7,8)24-23-50(37,5)6/h9-22,25-29H,23-24H2,1-8H3. The Kier molecular flexibility index (Phi) is 7.20. The Morgan fingerprint density at radius 3 is 2.11 bits per heavy atom. The van der Waals surface area contributed by atoms with Gasteiger partial charge in [-0.15, -0.1) is 11.3 Å². The second-order valence-electron chi connectivity index (χ2n) is 18.9. The largest absolute Gasteiger partial charge is 0.374 e. The number of hydrogen-bond donors (Lipinski definition) is 0. The molecule has 1 aliphatic carbocycles. The molecule has 0 spiro atoms. The number of thiophene rings is 1. The molecule has 0 fully saturated rings. The molecule has 0 bridgehead atoms. The van der Waals surface area contributed by atoms with E-state index in [0.717, 1.165) is 0 Å². The number of aryl methyl sites for hydroxylation is 1. The van der Waals surface area contributed by atoms with Gasteiger partial charge in [-0.25, -0.2) is 0 Å².